The van der Waals surface area contributed by atoms with E-state index < -0.39 is 12.0 Å². The smallest absolute Gasteiger partial charge is 0.325 e. The van der Waals surface area contributed by atoms with Gasteiger partial charge in [-0.15, -0.1) is 0 Å². The van der Waals surface area contributed by atoms with E-state index in [9.17, 15) is 14.7 Å². The number of carbonyl (C=O) groups is 2. The second-order valence-electron chi connectivity index (χ2n) is 5.30. The maximum absolute atomic E-state index is 11.5. The van der Waals surface area contributed by atoms with Gasteiger partial charge in [-0.05, 0) is 37.4 Å². The van der Waals surface area contributed by atoms with Gasteiger partial charge in [0.25, 0.3) is 0 Å². The molecule has 1 aliphatic rings. The van der Waals surface area contributed by atoms with E-state index in [2.05, 4.69) is 0 Å². The number of hydrogen-bond donors (Lipinski definition) is 2. The molecule has 1 atom stereocenters. The van der Waals surface area contributed by atoms with Crippen molar-refractivity contribution in [3.63, 3.8) is 0 Å². The van der Waals surface area contributed by atoms with Gasteiger partial charge in [-0.2, -0.15) is 0 Å². The van der Waals surface area contributed by atoms with Gasteiger partial charge in [0.15, 0.2) is 0 Å². The summed E-state index contributed by atoms with van der Waals surface area (Å²) < 4.78 is 0. The van der Waals surface area contributed by atoms with Crippen molar-refractivity contribution in [3.05, 3.63) is 35.9 Å². The Morgan fingerprint density at radius 3 is 2.35 bits per heavy atom. The Morgan fingerprint density at radius 1 is 1.25 bits per heavy atom. The third kappa shape index (κ3) is 3.57. The molecule has 0 radical (unpaired) electrons. The minimum Gasteiger partial charge on any atom is -0.480 e. The molecule has 0 aliphatic carbocycles. The molecule has 1 heterocycles. The summed E-state index contributed by atoms with van der Waals surface area (Å²) >= 11 is 0. The SMILES string of the molecule is NC(=O)CC1CCN(C(C(=O)O)c2ccccc2)CC1. The molecule has 1 aromatic carbocycles. The molecule has 1 aliphatic heterocycles. The summed E-state index contributed by atoms with van der Waals surface area (Å²) in [5.74, 6) is -0.820. The van der Waals surface area contributed by atoms with Crippen LogP contribution in [0, 0.1) is 5.92 Å². The predicted octanol–water partition coefficient (Wildman–Crippen LogP) is 1.40. The topological polar surface area (TPSA) is 83.6 Å². The minimum atomic E-state index is -0.829. The van der Waals surface area contributed by atoms with Gasteiger partial charge in [0.1, 0.15) is 6.04 Å². The fraction of sp³-hybridized carbons (Fsp3) is 0.467. The molecular formula is C15H20N2O3. The monoisotopic (exact) mass is 276 g/mol. The van der Waals surface area contributed by atoms with Crippen LogP contribution in [-0.2, 0) is 9.59 Å². The molecule has 1 saturated heterocycles. The Hall–Kier alpha value is -1.88. The molecule has 1 amide bonds. The number of carboxylic acid groups (broad SMARTS) is 1. The second-order valence-corrected chi connectivity index (χ2v) is 5.30. The highest BCUT2D eigenvalue weighted by Gasteiger charge is 2.31. The first-order valence-corrected chi connectivity index (χ1v) is 6.88. The van der Waals surface area contributed by atoms with Crippen molar-refractivity contribution < 1.29 is 14.7 Å². The Morgan fingerprint density at radius 2 is 1.85 bits per heavy atom. The lowest BCUT2D eigenvalue weighted by Gasteiger charge is -2.35. The minimum absolute atomic E-state index is 0.277. The van der Waals surface area contributed by atoms with E-state index in [0.29, 0.717) is 19.5 Å². The summed E-state index contributed by atoms with van der Waals surface area (Å²) in [6.45, 7) is 1.37. The van der Waals surface area contributed by atoms with Crippen molar-refractivity contribution in [2.24, 2.45) is 11.7 Å². The zero-order valence-electron chi connectivity index (χ0n) is 11.4. The highest BCUT2D eigenvalue weighted by Crippen LogP contribution is 2.28. The van der Waals surface area contributed by atoms with Crippen molar-refractivity contribution in [2.45, 2.75) is 25.3 Å². The molecule has 20 heavy (non-hydrogen) atoms. The number of carboxylic acids is 1. The molecule has 0 bridgehead atoms. The van der Waals surface area contributed by atoms with E-state index in [1.807, 2.05) is 35.2 Å². The van der Waals surface area contributed by atoms with Gasteiger partial charge in [0.05, 0.1) is 0 Å². The third-order valence-corrected chi connectivity index (χ3v) is 3.85. The zero-order chi connectivity index (χ0) is 14.5. The van der Waals surface area contributed by atoms with Gasteiger partial charge < -0.3 is 10.8 Å². The summed E-state index contributed by atoms with van der Waals surface area (Å²) in [4.78, 5) is 24.4. The Balaban J connectivity index is 2.03. The Kier molecular flexibility index (Phi) is 4.74. The number of carbonyl (C=O) groups excluding carboxylic acids is 1. The average Bonchev–Trinajstić information content (AvgIpc) is 2.41. The van der Waals surface area contributed by atoms with Crippen LogP contribution >= 0.6 is 0 Å². The number of nitrogens with two attached hydrogens (primary N) is 1. The fourth-order valence-corrected chi connectivity index (χ4v) is 2.84. The Labute approximate surface area is 118 Å². The van der Waals surface area contributed by atoms with Gasteiger partial charge in [-0.3, -0.25) is 14.5 Å². The average molecular weight is 276 g/mol. The molecule has 1 fully saturated rings. The van der Waals surface area contributed by atoms with Crippen LogP contribution < -0.4 is 5.73 Å². The normalized spacial score (nSPS) is 18.6. The number of nitrogens with zero attached hydrogens (tertiary/aromatic N) is 1. The summed E-state index contributed by atoms with van der Waals surface area (Å²) in [5, 5.41) is 9.47. The number of rotatable bonds is 5. The zero-order valence-corrected chi connectivity index (χ0v) is 11.4. The van der Waals surface area contributed by atoms with Gasteiger partial charge in [0, 0.05) is 6.42 Å². The lowest BCUT2D eigenvalue weighted by molar-refractivity contribution is -0.144. The van der Waals surface area contributed by atoms with Gasteiger partial charge in [0.2, 0.25) is 5.91 Å². The van der Waals surface area contributed by atoms with Crippen molar-refractivity contribution in [3.8, 4) is 0 Å². The van der Waals surface area contributed by atoms with E-state index in [-0.39, 0.29) is 11.8 Å². The van der Waals surface area contributed by atoms with Crippen LogP contribution in [0.3, 0.4) is 0 Å². The van der Waals surface area contributed by atoms with Crippen molar-refractivity contribution in [1.29, 1.82) is 0 Å². The number of primary amides is 1. The lowest BCUT2D eigenvalue weighted by atomic mass is 9.91. The molecule has 1 aromatic rings. The van der Waals surface area contributed by atoms with Crippen LogP contribution in [0.15, 0.2) is 30.3 Å². The summed E-state index contributed by atoms with van der Waals surface area (Å²) in [5.41, 5.74) is 6.01. The largest absolute Gasteiger partial charge is 0.480 e. The number of hydrogen-bond acceptors (Lipinski definition) is 3. The van der Waals surface area contributed by atoms with Crippen LogP contribution in [0.4, 0.5) is 0 Å². The molecule has 108 valence electrons. The highest BCUT2D eigenvalue weighted by atomic mass is 16.4. The molecule has 0 saturated carbocycles. The molecule has 2 rings (SSSR count). The molecule has 3 N–H and O–H groups in total. The molecule has 5 heteroatoms. The number of benzene rings is 1. The van der Waals surface area contributed by atoms with Gasteiger partial charge in [-0.1, -0.05) is 30.3 Å². The standard InChI is InChI=1S/C15H20N2O3/c16-13(18)10-11-6-8-17(9-7-11)14(15(19)20)12-4-2-1-3-5-12/h1-5,11,14H,6-10H2,(H2,16,18)(H,19,20). The third-order valence-electron chi connectivity index (χ3n) is 3.85. The van der Waals surface area contributed by atoms with Crippen LogP contribution in [0.2, 0.25) is 0 Å². The lowest BCUT2D eigenvalue weighted by Crippen LogP contribution is -2.40. The molecular weight excluding hydrogens is 256 g/mol. The maximum Gasteiger partial charge on any atom is 0.325 e. The predicted molar refractivity (Wildman–Crippen MR) is 74.9 cm³/mol. The van der Waals surface area contributed by atoms with Crippen molar-refractivity contribution in [2.75, 3.05) is 13.1 Å². The van der Waals surface area contributed by atoms with E-state index in [0.717, 1.165) is 18.4 Å². The Bertz CT molecular complexity index is 467. The molecule has 1 unspecified atom stereocenters. The van der Waals surface area contributed by atoms with Crippen molar-refractivity contribution >= 4 is 11.9 Å². The van der Waals surface area contributed by atoms with Crippen LogP contribution in [0.1, 0.15) is 30.9 Å². The molecule has 0 spiro atoms. The number of likely N-dealkylation sites (tertiary alicyclic amines) is 1. The van der Waals surface area contributed by atoms with E-state index in [4.69, 9.17) is 5.73 Å². The number of piperidine rings is 1. The van der Waals surface area contributed by atoms with Crippen LogP contribution in [0.25, 0.3) is 0 Å². The quantitative estimate of drug-likeness (QED) is 0.851. The van der Waals surface area contributed by atoms with Crippen molar-refractivity contribution in [1.82, 2.24) is 4.90 Å². The van der Waals surface area contributed by atoms with Crippen LogP contribution in [0.5, 0.6) is 0 Å². The fourth-order valence-electron chi connectivity index (χ4n) is 2.84. The summed E-state index contributed by atoms with van der Waals surface area (Å²) in [6.07, 6.45) is 2.04. The highest BCUT2D eigenvalue weighted by molar-refractivity contribution is 5.75. The molecule has 0 aromatic heterocycles. The summed E-state index contributed by atoms with van der Waals surface area (Å²) in [7, 11) is 0. The maximum atomic E-state index is 11.5. The van der Waals surface area contributed by atoms with Gasteiger partial charge >= 0.3 is 5.97 Å². The first-order chi connectivity index (χ1) is 9.58. The summed E-state index contributed by atoms with van der Waals surface area (Å²) in [6, 6.07) is 8.66. The second kappa shape index (κ2) is 6.52. The van der Waals surface area contributed by atoms with Gasteiger partial charge in [-0.25, -0.2) is 0 Å². The van der Waals surface area contributed by atoms with Crippen LogP contribution in [-0.4, -0.2) is 35.0 Å². The van der Waals surface area contributed by atoms with E-state index >= 15 is 0 Å². The van der Waals surface area contributed by atoms with E-state index in [1.54, 1.807) is 0 Å². The van der Waals surface area contributed by atoms with E-state index in [1.165, 1.54) is 0 Å². The molecule has 5 nitrogen and oxygen atoms in total. The first-order valence-electron chi connectivity index (χ1n) is 6.88. The number of amides is 1. The first kappa shape index (κ1) is 14.5. The number of aliphatic carboxylic acids is 1.